The molecule has 4 heteroatoms. The zero-order chi connectivity index (χ0) is 15.9. The molecule has 4 nitrogen and oxygen atoms in total. The highest BCUT2D eigenvalue weighted by Gasteiger charge is 2.20. The number of nitrogens with one attached hydrogen (secondary N) is 1. The van der Waals surface area contributed by atoms with Gasteiger partial charge >= 0.3 is 6.03 Å². The van der Waals surface area contributed by atoms with Crippen LogP contribution in [0.15, 0.2) is 18.2 Å². The van der Waals surface area contributed by atoms with Crippen molar-refractivity contribution in [3.8, 4) is 0 Å². The minimum Gasteiger partial charge on any atom is -0.322 e. The number of unbranched alkanes of at least 4 members (excludes halogenated alkanes) is 2. The molecule has 1 aliphatic rings. The van der Waals surface area contributed by atoms with Crippen LogP contribution in [-0.4, -0.2) is 48.6 Å². The third kappa shape index (κ3) is 4.73. The van der Waals surface area contributed by atoms with Crippen LogP contribution in [0.1, 0.15) is 37.3 Å². The lowest BCUT2D eigenvalue weighted by molar-refractivity contribution is 0.146. The summed E-state index contributed by atoms with van der Waals surface area (Å²) in [6, 6.07) is 6.15. The molecule has 1 aliphatic heterocycles. The van der Waals surface area contributed by atoms with Gasteiger partial charge in [-0.2, -0.15) is 0 Å². The van der Waals surface area contributed by atoms with Gasteiger partial charge in [0, 0.05) is 31.9 Å². The van der Waals surface area contributed by atoms with E-state index in [4.69, 9.17) is 0 Å². The molecular weight excluding hydrogens is 274 g/mol. The molecule has 1 aromatic rings. The van der Waals surface area contributed by atoms with Gasteiger partial charge in [-0.05, 0) is 38.4 Å². The van der Waals surface area contributed by atoms with E-state index < -0.39 is 0 Å². The summed E-state index contributed by atoms with van der Waals surface area (Å²) in [6.45, 7) is 11.1. The Morgan fingerprint density at radius 3 is 2.50 bits per heavy atom. The highest BCUT2D eigenvalue weighted by Crippen LogP contribution is 2.17. The second kappa shape index (κ2) is 8.18. The minimum atomic E-state index is 0.0279. The lowest BCUT2D eigenvalue weighted by Gasteiger charge is -2.34. The molecule has 1 fully saturated rings. The molecule has 0 aliphatic carbocycles. The number of benzene rings is 1. The van der Waals surface area contributed by atoms with Gasteiger partial charge in [0.15, 0.2) is 0 Å². The lowest BCUT2D eigenvalue weighted by Crippen LogP contribution is -2.50. The van der Waals surface area contributed by atoms with Crippen molar-refractivity contribution >= 4 is 11.7 Å². The molecule has 1 saturated heterocycles. The lowest BCUT2D eigenvalue weighted by atomic mass is 10.1. The quantitative estimate of drug-likeness (QED) is 0.843. The summed E-state index contributed by atoms with van der Waals surface area (Å²) >= 11 is 0. The smallest absolute Gasteiger partial charge is 0.321 e. The van der Waals surface area contributed by atoms with Crippen LogP contribution in [0.2, 0.25) is 0 Å². The molecule has 22 heavy (non-hydrogen) atoms. The Hall–Kier alpha value is -1.55. The van der Waals surface area contributed by atoms with Gasteiger partial charge in [0.05, 0.1) is 0 Å². The number of hydrogen-bond donors (Lipinski definition) is 1. The van der Waals surface area contributed by atoms with E-state index in [0.717, 1.165) is 37.4 Å². The summed E-state index contributed by atoms with van der Waals surface area (Å²) in [7, 11) is 0. The summed E-state index contributed by atoms with van der Waals surface area (Å²) in [4.78, 5) is 16.8. The SMILES string of the molecule is CCCCCN1CCN(C(=O)Nc2ccc(C)cc2C)CC1. The Kier molecular flexibility index (Phi) is 6.25. The Balaban J connectivity index is 1.80. The second-order valence-corrected chi connectivity index (χ2v) is 6.28. The van der Waals surface area contributed by atoms with Crippen molar-refractivity contribution in [3.05, 3.63) is 29.3 Å². The molecule has 0 aromatic heterocycles. The summed E-state index contributed by atoms with van der Waals surface area (Å²) < 4.78 is 0. The molecule has 0 spiro atoms. The molecule has 0 unspecified atom stereocenters. The second-order valence-electron chi connectivity index (χ2n) is 6.28. The number of amides is 2. The van der Waals surface area contributed by atoms with Crippen LogP contribution < -0.4 is 5.32 Å². The fraction of sp³-hybridized carbons (Fsp3) is 0.611. The first kappa shape index (κ1) is 16.8. The van der Waals surface area contributed by atoms with Gasteiger partial charge in [0.2, 0.25) is 0 Å². The van der Waals surface area contributed by atoms with E-state index in [2.05, 4.69) is 30.1 Å². The monoisotopic (exact) mass is 303 g/mol. The van der Waals surface area contributed by atoms with Gasteiger partial charge in [-0.3, -0.25) is 4.90 Å². The molecule has 2 rings (SSSR count). The Morgan fingerprint density at radius 1 is 1.14 bits per heavy atom. The van der Waals surface area contributed by atoms with Gasteiger partial charge in [-0.1, -0.05) is 37.5 Å². The first-order valence-electron chi connectivity index (χ1n) is 8.45. The Bertz CT molecular complexity index is 493. The van der Waals surface area contributed by atoms with Crippen LogP contribution in [0, 0.1) is 13.8 Å². The van der Waals surface area contributed by atoms with Crippen LogP contribution in [-0.2, 0) is 0 Å². The number of rotatable bonds is 5. The van der Waals surface area contributed by atoms with Gasteiger partial charge < -0.3 is 10.2 Å². The van der Waals surface area contributed by atoms with Crippen LogP contribution in [0.25, 0.3) is 0 Å². The number of anilines is 1. The number of carbonyl (C=O) groups is 1. The summed E-state index contributed by atoms with van der Waals surface area (Å²) in [5.74, 6) is 0. The zero-order valence-corrected chi connectivity index (χ0v) is 14.2. The van der Waals surface area contributed by atoms with E-state index in [1.54, 1.807) is 0 Å². The van der Waals surface area contributed by atoms with Crippen LogP contribution in [0.5, 0.6) is 0 Å². The van der Waals surface area contributed by atoms with E-state index in [-0.39, 0.29) is 6.03 Å². The first-order chi connectivity index (χ1) is 10.6. The summed E-state index contributed by atoms with van der Waals surface area (Å²) in [5.41, 5.74) is 3.25. The van der Waals surface area contributed by atoms with E-state index in [1.807, 2.05) is 24.0 Å². The number of nitrogens with zero attached hydrogens (tertiary/aromatic N) is 2. The standard InChI is InChI=1S/C18H29N3O/c1-4-5-6-9-20-10-12-21(13-11-20)18(22)19-17-8-7-15(2)14-16(17)3/h7-8,14H,4-6,9-13H2,1-3H3,(H,19,22). The largest absolute Gasteiger partial charge is 0.322 e. The van der Waals surface area contributed by atoms with Crippen molar-refractivity contribution in [3.63, 3.8) is 0 Å². The maximum absolute atomic E-state index is 12.4. The third-order valence-corrected chi connectivity index (χ3v) is 4.36. The van der Waals surface area contributed by atoms with Crippen LogP contribution in [0.4, 0.5) is 10.5 Å². The van der Waals surface area contributed by atoms with Crippen molar-refractivity contribution in [2.75, 3.05) is 38.0 Å². The maximum Gasteiger partial charge on any atom is 0.321 e. The van der Waals surface area contributed by atoms with Crippen molar-refractivity contribution < 1.29 is 4.79 Å². The van der Waals surface area contributed by atoms with Gasteiger partial charge in [0.1, 0.15) is 0 Å². The molecule has 2 amide bonds. The molecule has 0 bridgehead atoms. The van der Waals surface area contributed by atoms with Crippen molar-refractivity contribution in [2.45, 2.75) is 40.0 Å². The van der Waals surface area contributed by atoms with E-state index >= 15 is 0 Å². The van der Waals surface area contributed by atoms with Crippen molar-refractivity contribution in [2.24, 2.45) is 0 Å². The first-order valence-corrected chi connectivity index (χ1v) is 8.45. The molecule has 1 heterocycles. The molecule has 0 atom stereocenters. The minimum absolute atomic E-state index is 0.0279. The average Bonchev–Trinajstić information content (AvgIpc) is 2.51. The molecule has 122 valence electrons. The number of urea groups is 1. The van der Waals surface area contributed by atoms with Crippen molar-refractivity contribution in [1.82, 2.24) is 9.80 Å². The molecule has 0 saturated carbocycles. The number of hydrogen-bond acceptors (Lipinski definition) is 2. The van der Waals surface area contributed by atoms with Crippen LogP contribution >= 0.6 is 0 Å². The van der Waals surface area contributed by atoms with E-state index in [1.165, 1.54) is 31.4 Å². The molecular formula is C18H29N3O. The fourth-order valence-electron chi connectivity index (χ4n) is 2.91. The van der Waals surface area contributed by atoms with Gasteiger partial charge in [-0.15, -0.1) is 0 Å². The summed E-state index contributed by atoms with van der Waals surface area (Å²) in [5, 5.41) is 3.04. The average molecular weight is 303 g/mol. The topological polar surface area (TPSA) is 35.6 Å². The van der Waals surface area contributed by atoms with Gasteiger partial charge in [0.25, 0.3) is 0 Å². The maximum atomic E-state index is 12.4. The molecule has 1 aromatic carbocycles. The summed E-state index contributed by atoms with van der Waals surface area (Å²) in [6.07, 6.45) is 3.83. The highest BCUT2D eigenvalue weighted by atomic mass is 16.2. The van der Waals surface area contributed by atoms with Gasteiger partial charge in [-0.25, -0.2) is 4.79 Å². The Labute approximate surface area is 134 Å². The number of carbonyl (C=O) groups excluding carboxylic acids is 1. The van der Waals surface area contributed by atoms with Crippen LogP contribution in [0.3, 0.4) is 0 Å². The predicted octanol–water partition coefficient (Wildman–Crippen LogP) is 3.64. The van der Waals surface area contributed by atoms with E-state index in [9.17, 15) is 4.79 Å². The number of aryl methyl sites for hydroxylation is 2. The normalized spacial score (nSPS) is 15.9. The molecule has 0 radical (unpaired) electrons. The molecule has 1 N–H and O–H groups in total. The third-order valence-electron chi connectivity index (χ3n) is 4.36. The Morgan fingerprint density at radius 2 is 1.86 bits per heavy atom. The van der Waals surface area contributed by atoms with Crippen molar-refractivity contribution in [1.29, 1.82) is 0 Å². The predicted molar refractivity (Wildman–Crippen MR) is 92.5 cm³/mol. The fourth-order valence-corrected chi connectivity index (χ4v) is 2.91. The highest BCUT2D eigenvalue weighted by molar-refractivity contribution is 5.90. The van der Waals surface area contributed by atoms with E-state index in [0.29, 0.717) is 0 Å². The number of piperazine rings is 1. The zero-order valence-electron chi connectivity index (χ0n) is 14.2.